The molecule has 0 N–H and O–H groups in total. The molecule has 0 rings (SSSR count). The zero-order valence-corrected chi connectivity index (χ0v) is 12.8. The van der Waals surface area contributed by atoms with E-state index in [0.29, 0.717) is 0 Å². The normalized spacial score (nSPS) is 11.9. The van der Waals surface area contributed by atoms with Crippen LogP contribution in [0.3, 0.4) is 0 Å². The van der Waals surface area contributed by atoms with Gasteiger partial charge >= 0.3 is 0 Å². The molecule has 0 heteroatoms. The van der Waals surface area contributed by atoms with Crippen LogP contribution in [0.25, 0.3) is 0 Å². The minimum atomic E-state index is 1.22. The maximum Gasteiger partial charge on any atom is -0.0316 e. The second kappa shape index (κ2) is 16.5. The van der Waals surface area contributed by atoms with Crippen molar-refractivity contribution in [1.29, 1.82) is 0 Å². The van der Waals surface area contributed by atoms with E-state index in [1.54, 1.807) is 0 Å². The molecule has 0 amide bonds. The molecular formula is C18H34. The molecule has 0 unspecified atom stereocenters. The molecule has 0 atom stereocenters. The Kier molecular flexibility index (Phi) is 16.0. The average molecular weight is 250 g/mol. The van der Waals surface area contributed by atoms with E-state index < -0.39 is 0 Å². The van der Waals surface area contributed by atoms with E-state index in [1.165, 1.54) is 77.0 Å². The Balaban J connectivity index is 3.11. The van der Waals surface area contributed by atoms with Gasteiger partial charge in [0.15, 0.2) is 0 Å². The Bertz CT molecular complexity index is 188. The van der Waals surface area contributed by atoms with Crippen LogP contribution in [0, 0.1) is 0 Å². The second-order valence-electron chi connectivity index (χ2n) is 5.22. The first-order valence-corrected chi connectivity index (χ1v) is 8.21. The smallest absolute Gasteiger partial charge is 0.0316 e. The minimum absolute atomic E-state index is 1.22. The number of rotatable bonds is 13. The van der Waals surface area contributed by atoms with Gasteiger partial charge in [-0.1, -0.05) is 83.1 Å². The molecular weight excluding hydrogens is 216 g/mol. The van der Waals surface area contributed by atoms with E-state index in [9.17, 15) is 0 Å². The van der Waals surface area contributed by atoms with Crippen LogP contribution < -0.4 is 0 Å². The first-order valence-electron chi connectivity index (χ1n) is 8.21. The lowest BCUT2D eigenvalue weighted by Crippen LogP contribution is -1.77. The van der Waals surface area contributed by atoms with Gasteiger partial charge in [-0.05, 0) is 32.1 Å². The van der Waals surface area contributed by atoms with Crippen LogP contribution in [0.1, 0.15) is 90.9 Å². The van der Waals surface area contributed by atoms with Gasteiger partial charge in [0.1, 0.15) is 0 Å². The van der Waals surface area contributed by atoms with E-state index in [1.807, 2.05) is 0 Å². The monoisotopic (exact) mass is 250 g/mol. The topological polar surface area (TPSA) is 0 Å². The molecule has 0 aromatic rings. The Morgan fingerprint density at radius 2 is 0.889 bits per heavy atom. The molecule has 0 aliphatic heterocycles. The van der Waals surface area contributed by atoms with Crippen LogP contribution in [-0.4, -0.2) is 0 Å². The summed E-state index contributed by atoms with van der Waals surface area (Å²) in [6.45, 7) is 4.53. The van der Waals surface area contributed by atoms with Gasteiger partial charge in [0.2, 0.25) is 0 Å². The van der Waals surface area contributed by atoms with Crippen molar-refractivity contribution >= 4 is 0 Å². The van der Waals surface area contributed by atoms with Gasteiger partial charge in [-0.15, -0.1) is 0 Å². The summed E-state index contributed by atoms with van der Waals surface area (Å²) in [6, 6.07) is 0. The first kappa shape index (κ1) is 17.5. The van der Waals surface area contributed by atoms with E-state index in [0.717, 1.165) is 0 Å². The van der Waals surface area contributed by atoms with Gasteiger partial charge in [0.05, 0.1) is 0 Å². The van der Waals surface area contributed by atoms with Crippen LogP contribution >= 0.6 is 0 Å². The van der Waals surface area contributed by atoms with Gasteiger partial charge in [-0.3, -0.25) is 0 Å². The molecule has 0 aliphatic carbocycles. The van der Waals surface area contributed by atoms with Crippen molar-refractivity contribution in [1.82, 2.24) is 0 Å². The van der Waals surface area contributed by atoms with Crippen molar-refractivity contribution < 1.29 is 0 Å². The van der Waals surface area contributed by atoms with Crippen LogP contribution in [0.5, 0.6) is 0 Å². The maximum atomic E-state index is 2.37. The van der Waals surface area contributed by atoms with Crippen LogP contribution in [-0.2, 0) is 0 Å². The molecule has 0 heterocycles. The lowest BCUT2D eigenvalue weighted by molar-refractivity contribution is 0.611. The fourth-order valence-electron chi connectivity index (χ4n) is 2.03. The van der Waals surface area contributed by atoms with Crippen LogP contribution in [0.4, 0.5) is 0 Å². The predicted molar refractivity (Wildman–Crippen MR) is 85.0 cm³/mol. The van der Waals surface area contributed by atoms with Crippen molar-refractivity contribution in [3.63, 3.8) is 0 Å². The average Bonchev–Trinajstić information content (AvgIpc) is 2.39. The van der Waals surface area contributed by atoms with E-state index in [2.05, 4.69) is 38.2 Å². The third-order valence-corrected chi connectivity index (χ3v) is 3.28. The zero-order chi connectivity index (χ0) is 13.3. The molecule has 18 heavy (non-hydrogen) atoms. The summed E-state index contributed by atoms with van der Waals surface area (Å²) in [6.07, 6.45) is 25.5. The summed E-state index contributed by atoms with van der Waals surface area (Å²) in [7, 11) is 0. The maximum absolute atomic E-state index is 2.37. The lowest BCUT2D eigenvalue weighted by atomic mass is 10.1. The Labute approximate surface area is 116 Å². The minimum Gasteiger partial charge on any atom is -0.0885 e. The first-order chi connectivity index (χ1) is 8.91. The summed E-state index contributed by atoms with van der Waals surface area (Å²) in [5.74, 6) is 0. The van der Waals surface area contributed by atoms with Crippen molar-refractivity contribution in [3.8, 4) is 0 Å². The largest absolute Gasteiger partial charge is 0.0885 e. The Hall–Kier alpha value is -0.520. The summed E-state index contributed by atoms with van der Waals surface area (Å²) < 4.78 is 0. The summed E-state index contributed by atoms with van der Waals surface area (Å²) in [5, 5.41) is 0. The summed E-state index contributed by atoms with van der Waals surface area (Å²) >= 11 is 0. The second-order valence-corrected chi connectivity index (χ2v) is 5.22. The number of hydrogen-bond acceptors (Lipinski definition) is 0. The fourth-order valence-corrected chi connectivity index (χ4v) is 2.03. The van der Waals surface area contributed by atoms with Crippen molar-refractivity contribution in [2.75, 3.05) is 0 Å². The predicted octanol–water partition coefficient (Wildman–Crippen LogP) is 6.82. The molecule has 0 saturated heterocycles. The Morgan fingerprint density at radius 3 is 1.50 bits per heavy atom. The molecule has 0 aliphatic rings. The highest BCUT2D eigenvalue weighted by molar-refractivity contribution is 4.87. The standard InChI is InChI=1S/C18H34/c1-3-5-7-9-11-13-15-17-18-16-14-12-10-8-6-4-2/h9,11,17-18H,3-8,10,12-16H2,1-2H3/b11-9-,18-17?. The van der Waals surface area contributed by atoms with Crippen LogP contribution in [0.15, 0.2) is 24.3 Å². The molecule has 0 bridgehead atoms. The van der Waals surface area contributed by atoms with Gasteiger partial charge < -0.3 is 0 Å². The molecule has 0 aromatic carbocycles. The van der Waals surface area contributed by atoms with E-state index >= 15 is 0 Å². The van der Waals surface area contributed by atoms with Gasteiger partial charge in [-0.25, -0.2) is 0 Å². The molecule has 0 fully saturated rings. The Morgan fingerprint density at radius 1 is 0.444 bits per heavy atom. The SMILES string of the molecule is CCCC/C=C\CCC=CCCCCCCCC. The van der Waals surface area contributed by atoms with Gasteiger partial charge in [0.25, 0.3) is 0 Å². The third kappa shape index (κ3) is 15.5. The third-order valence-electron chi connectivity index (χ3n) is 3.28. The number of allylic oxidation sites excluding steroid dienone is 4. The van der Waals surface area contributed by atoms with Gasteiger partial charge in [0, 0.05) is 0 Å². The molecule has 0 spiro atoms. The van der Waals surface area contributed by atoms with Crippen LogP contribution in [0.2, 0.25) is 0 Å². The molecule has 106 valence electrons. The van der Waals surface area contributed by atoms with Crippen molar-refractivity contribution in [2.24, 2.45) is 0 Å². The molecule has 0 radical (unpaired) electrons. The lowest BCUT2D eigenvalue weighted by Gasteiger charge is -1.97. The zero-order valence-electron chi connectivity index (χ0n) is 12.8. The fraction of sp³-hybridized carbons (Fsp3) is 0.778. The highest BCUT2D eigenvalue weighted by atomic mass is 13.9. The highest BCUT2D eigenvalue weighted by Gasteiger charge is 1.87. The summed E-state index contributed by atoms with van der Waals surface area (Å²) in [4.78, 5) is 0. The van der Waals surface area contributed by atoms with Crippen molar-refractivity contribution in [2.45, 2.75) is 90.9 Å². The van der Waals surface area contributed by atoms with E-state index in [4.69, 9.17) is 0 Å². The highest BCUT2D eigenvalue weighted by Crippen LogP contribution is 2.07. The summed E-state index contributed by atoms with van der Waals surface area (Å²) in [5.41, 5.74) is 0. The van der Waals surface area contributed by atoms with E-state index in [-0.39, 0.29) is 0 Å². The molecule has 0 nitrogen and oxygen atoms in total. The van der Waals surface area contributed by atoms with Gasteiger partial charge in [-0.2, -0.15) is 0 Å². The molecule has 0 saturated carbocycles. The number of hydrogen-bond donors (Lipinski definition) is 0. The van der Waals surface area contributed by atoms with Crippen molar-refractivity contribution in [3.05, 3.63) is 24.3 Å². The number of unbranched alkanes of at least 4 members (excludes halogenated alkanes) is 9. The quantitative estimate of drug-likeness (QED) is 0.248. The molecule has 0 aromatic heterocycles.